The average molecular weight is 361 g/mol. The van der Waals surface area contributed by atoms with Crippen molar-refractivity contribution in [3.63, 3.8) is 0 Å². The molecule has 0 amide bonds. The Balaban J connectivity index is 1.63. The number of carboxylic acid groups (broad SMARTS) is 1. The summed E-state index contributed by atoms with van der Waals surface area (Å²) < 4.78 is 5.89. The molecule has 0 saturated carbocycles. The largest absolute Gasteiger partial charge is 0.489 e. The van der Waals surface area contributed by atoms with Gasteiger partial charge in [-0.3, -0.25) is 0 Å². The summed E-state index contributed by atoms with van der Waals surface area (Å²) in [5, 5.41) is 12.5. The fraction of sp³-hybridized carbons (Fsp3) is 0.174. The lowest BCUT2D eigenvalue weighted by molar-refractivity contribution is 0.0697. The van der Waals surface area contributed by atoms with Crippen molar-refractivity contribution >= 4 is 11.7 Å². The number of hydrogen-bond acceptors (Lipinski definition) is 3. The van der Waals surface area contributed by atoms with Gasteiger partial charge >= 0.3 is 5.97 Å². The van der Waals surface area contributed by atoms with E-state index in [1.165, 1.54) is 5.56 Å². The predicted octanol–water partition coefficient (Wildman–Crippen LogP) is 5.19. The maximum atomic E-state index is 11.1. The number of aryl methyl sites for hydroxylation is 2. The average Bonchev–Trinajstić information content (AvgIpc) is 2.67. The zero-order chi connectivity index (χ0) is 19.2. The Hall–Kier alpha value is -3.27. The Morgan fingerprint density at radius 1 is 0.963 bits per heavy atom. The molecule has 0 spiro atoms. The standard InChI is InChI=1S/C23H23NO3/c1-16-6-9-18(10-7-16)15-27-21-5-3-4-19(12-21)14-24-22-13-20(23(25)26)11-8-17(22)2/h3-13,24H,14-15H2,1-2H3,(H,25,26). The highest BCUT2D eigenvalue weighted by atomic mass is 16.5. The lowest BCUT2D eigenvalue weighted by Crippen LogP contribution is -2.04. The highest BCUT2D eigenvalue weighted by Gasteiger charge is 2.06. The summed E-state index contributed by atoms with van der Waals surface area (Å²) in [6.07, 6.45) is 0. The van der Waals surface area contributed by atoms with Crippen LogP contribution in [0.5, 0.6) is 5.75 Å². The van der Waals surface area contributed by atoms with Crippen LogP contribution in [-0.4, -0.2) is 11.1 Å². The van der Waals surface area contributed by atoms with Gasteiger partial charge in [-0.05, 0) is 54.8 Å². The zero-order valence-corrected chi connectivity index (χ0v) is 15.5. The van der Waals surface area contributed by atoms with Crippen molar-refractivity contribution < 1.29 is 14.6 Å². The molecule has 0 aliphatic rings. The van der Waals surface area contributed by atoms with E-state index < -0.39 is 5.97 Å². The molecule has 3 aromatic rings. The topological polar surface area (TPSA) is 58.6 Å². The second-order valence-electron chi connectivity index (χ2n) is 6.61. The summed E-state index contributed by atoms with van der Waals surface area (Å²) in [6, 6.07) is 21.3. The molecule has 0 unspecified atom stereocenters. The summed E-state index contributed by atoms with van der Waals surface area (Å²) in [6.45, 7) is 5.13. The zero-order valence-electron chi connectivity index (χ0n) is 15.5. The Kier molecular flexibility index (Phi) is 5.77. The van der Waals surface area contributed by atoms with E-state index in [-0.39, 0.29) is 5.56 Å². The normalized spacial score (nSPS) is 10.4. The minimum atomic E-state index is -0.926. The number of benzene rings is 3. The summed E-state index contributed by atoms with van der Waals surface area (Å²) in [7, 11) is 0. The molecular weight excluding hydrogens is 338 g/mol. The fourth-order valence-electron chi connectivity index (χ4n) is 2.74. The van der Waals surface area contributed by atoms with Crippen molar-refractivity contribution in [3.8, 4) is 5.75 Å². The number of aromatic carboxylic acids is 1. The molecule has 0 atom stereocenters. The lowest BCUT2D eigenvalue weighted by atomic mass is 10.1. The van der Waals surface area contributed by atoms with Crippen LogP contribution in [0, 0.1) is 13.8 Å². The first-order valence-corrected chi connectivity index (χ1v) is 8.86. The van der Waals surface area contributed by atoms with Crippen LogP contribution >= 0.6 is 0 Å². The third kappa shape index (κ3) is 5.11. The maximum Gasteiger partial charge on any atom is 0.335 e. The molecule has 0 aromatic heterocycles. The van der Waals surface area contributed by atoms with Crippen LogP contribution in [-0.2, 0) is 13.2 Å². The number of hydrogen-bond donors (Lipinski definition) is 2. The van der Waals surface area contributed by atoms with Gasteiger partial charge in [0, 0.05) is 12.2 Å². The first-order chi connectivity index (χ1) is 13.0. The van der Waals surface area contributed by atoms with Crippen molar-refractivity contribution in [1.29, 1.82) is 0 Å². The van der Waals surface area contributed by atoms with Gasteiger partial charge < -0.3 is 15.2 Å². The van der Waals surface area contributed by atoms with E-state index in [0.717, 1.165) is 28.1 Å². The minimum absolute atomic E-state index is 0.276. The van der Waals surface area contributed by atoms with Gasteiger partial charge in [0.2, 0.25) is 0 Å². The molecule has 0 bridgehead atoms. The third-order valence-electron chi connectivity index (χ3n) is 4.39. The van der Waals surface area contributed by atoms with Crippen LogP contribution < -0.4 is 10.1 Å². The molecule has 0 saturated heterocycles. The van der Waals surface area contributed by atoms with E-state index in [2.05, 4.69) is 36.5 Å². The molecule has 4 nitrogen and oxygen atoms in total. The molecule has 138 valence electrons. The van der Waals surface area contributed by atoms with Crippen molar-refractivity contribution in [2.24, 2.45) is 0 Å². The molecule has 0 aliphatic carbocycles. The highest BCUT2D eigenvalue weighted by molar-refractivity contribution is 5.89. The number of nitrogens with one attached hydrogen (secondary N) is 1. The molecule has 3 aromatic carbocycles. The molecule has 2 N–H and O–H groups in total. The van der Waals surface area contributed by atoms with Gasteiger partial charge in [-0.25, -0.2) is 4.79 Å². The molecular formula is C23H23NO3. The van der Waals surface area contributed by atoms with Crippen molar-refractivity contribution in [2.45, 2.75) is 27.0 Å². The minimum Gasteiger partial charge on any atom is -0.489 e. The number of ether oxygens (including phenoxy) is 1. The van der Waals surface area contributed by atoms with Gasteiger partial charge in [-0.1, -0.05) is 48.0 Å². The van der Waals surface area contributed by atoms with Gasteiger partial charge in [0.1, 0.15) is 12.4 Å². The van der Waals surface area contributed by atoms with E-state index in [0.29, 0.717) is 13.2 Å². The molecule has 0 heterocycles. The quantitative estimate of drug-likeness (QED) is 0.608. The predicted molar refractivity (Wildman–Crippen MR) is 107 cm³/mol. The second-order valence-corrected chi connectivity index (χ2v) is 6.61. The van der Waals surface area contributed by atoms with E-state index in [1.54, 1.807) is 12.1 Å². The summed E-state index contributed by atoms with van der Waals surface area (Å²) >= 11 is 0. The second kappa shape index (κ2) is 8.41. The van der Waals surface area contributed by atoms with Crippen LogP contribution in [0.2, 0.25) is 0 Å². The molecule has 27 heavy (non-hydrogen) atoms. The molecule has 4 heteroatoms. The van der Waals surface area contributed by atoms with E-state index in [9.17, 15) is 4.79 Å². The van der Waals surface area contributed by atoms with Crippen LogP contribution in [0.4, 0.5) is 5.69 Å². The number of rotatable bonds is 7. The monoisotopic (exact) mass is 361 g/mol. The van der Waals surface area contributed by atoms with Gasteiger partial charge in [0.15, 0.2) is 0 Å². The lowest BCUT2D eigenvalue weighted by Gasteiger charge is -2.12. The number of carboxylic acids is 1. The van der Waals surface area contributed by atoms with Crippen molar-refractivity contribution in [1.82, 2.24) is 0 Å². The van der Waals surface area contributed by atoms with E-state index >= 15 is 0 Å². The molecule has 0 radical (unpaired) electrons. The molecule has 0 aliphatic heterocycles. The van der Waals surface area contributed by atoms with Crippen LogP contribution in [0.3, 0.4) is 0 Å². The van der Waals surface area contributed by atoms with Crippen LogP contribution in [0.15, 0.2) is 66.7 Å². The smallest absolute Gasteiger partial charge is 0.335 e. The Morgan fingerprint density at radius 3 is 2.48 bits per heavy atom. The van der Waals surface area contributed by atoms with Crippen LogP contribution in [0.25, 0.3) is 0 Å². The first kappa shape index (κ1) is 18.5. The maximum absolute atomic E-state index is 11.1. The van der Waals surface area contributed by atoms with Crippen molar-refractivity contribution in [3.05, 3.63) is 94.5 Å². The summed E-state index contributed by atoms with van der Waals surface area (Å²) in [5.74, 6) is -0.115. The first-order valence-electron chi connectivity index (χ1n) is 8.86. The van der Waals surface area contributed by atoms with Gasteiger partial charge in [0.05, 0.1) is 5.56 Å². The van der Waals surface area contributed by atoms with E-state index in [4.69, 9.17) is 9.84 Å². The highest BCUT2D eigenvalue weighted by Crippen LogP contribution is 2.20. The SMILES string of the molecule is Cc1ccc(COc2cccc(CNc3cc(C(=O)O)ccc3C)c2)cc1. The van der Waals surface area contributed by atoms with Gasteiger partial charge in [-0.2, -0.15) is 0 Å². The summed E-state index contributed by atoms with van der Waals surface area (Å²) in [5.41, 5.74) is 5.53. The van der Waals surface area contributed by atoms with Gasteiger partial charge in [-0.15, -0.1) is 0 Å². The Morgan fingerprint density at radius 2 is 1.74 bits per heavy atom. The third-order valence-corrected chi connectivity index (χ3v) is 4.39. The van der Waals surface area contributed by atoms with Gasteiger partial charge in [0.25, 0.3) is 0 Å². The molecule has 0 fully saturated rings. The van der Waals surface area contributed by atoms with Crippen LogP contribution in [0.1, 0.15) is 32.6 Å². The Labute approximate surface area is 159 Å². The fourth-order valence-corrected chi connectivity index (χ4v) is 2.74. The van der Waals surface area contributed by atoms with Crippen molar-refractivity contribution in [2.75, 3.05) is 5.32 Å². The number of anilines is 1. The number of carbonyl (C=O) groups is 1. The Bertz CT molecular complexity index is 933. The van der Waals surface area contributed by atoms with E-state index in [1.807, 2.05) is 37.3 Å². The molecule has 3 rings (SSSR count). The summed E-state index contributed by atoms with van der Waals surface area (Å²) in [4.78, 5) is 11.1.